The zero-order valence-electron chi connectivity index (χ0n) is 15.4. The lowest BCUT2D eigenvalue weighted by atomic mass is 10.0. The molecule has 0 aliphatic carbocycles. The number of ether oxygens (including phenoxy) is 2. The van der Waals surface area contributed by atoms with E-state index >= 15 is 0 Å². The number of morpholine rings is 1. The van der Waals surface area contributed by atoms with Gasteiger partial charge >= 0.3 is 0 Å². The molecule has 1 aliphatic heterocycles. The van der Waals surface area contributed by atoms with Crippen LogP contribution >= 0.6 is 0 Å². The van der Waals surface area contributed by atoms with E-state index < -0.39 is 0 Å². The smallest absolute Gasteiger partial charge is 0.256 e. The molecule has 0 saturated carbocycles. The van der Waals surface area contributed by atoms with Gasteiger partial charge in [-0.15, -0.1) is 0 Å². The Morgan fingerprint density at radius 3 is 2.74 bits per heavy atom. The number of carbonyl (C=O) groups is 1. The van der Waals surface area contributed by atoms with E-state index in [1.165, 1.54) is 12.1 Å². The Labute approximate surface area is 158 Å². The van der Waals surface area contributed by atoms with Crippen molar-refractivity contribution in [2.45, 2.75) is 13.0 Å². The molecule has 1 atom stereocenters. The molecule has 3 rings (SSSR count). The molecular weight excluding hydrogens is 349 g/mol. The van der Waals surface area contributed by atoms with Gasteiger partial charge in [0.05, 0.1) is 25.9 Å². The molecule has 7 heteroatoms. The topological polar surface area (TPSA) is 63.7 Å². The maximum absolute atomic E-state index is 13.3. The van der Waals surface area contributed by atoms with Gasteiger partial charge in [-0.25, -0.2) is 9.37 Å². The standard InChI is InChI=1S/C20H24FN3O3/c1-2-27-20-17(4-3-9-22-20)19(25)23-14-18(24-10-12-26-13-11-24)15-5-7-16(21)8-6-15/h3-9,18H,2,10-14H2,1H3,(H,23,25). The molecule has 2 heterocycles. The maximum Gasteiger partial charge on any atom is 0.256 e. The summed E-state index contributed by atoms with van der Waals surface area (Å²) < 4.78 is 24.2. The van der Waals surface area contributed by atoms with Crippen LogP contribution in [0, 0.1) is 5.82 Å². The highest BCUT2D eigenvalue weighted by Gasteiger charge is 2.24. The van der Waals surface area contributed by atoms with Crippen molar-refractivity contribution in [1.29, 1.82) is 0 Å². The lowest BCUT2D eigenvalue weighted by Crippen LogP contribution is -2.43. The lowest BCUT2D eigenvalue weighted by Gasteiger charge is -2.35. The minimum Gasteiger partial charge on any atom is -0.477 e. The van der Waals surface area contributed by atoms with Gasteiger partial charge in [-0.1, -0.05) is 12.1 Å². The largest absolute Gasteiger partial charge is 0.477 e. The van der Waals surface area contributed by atoms with Gasteiger partial charge in [-0.2, -0.15) is 0 Å². The fourth-order valence-corrected chi connectivity index (χ4v) is 3.13. The van der Waals surface area contributed by atoms with Crippen LogP contribution in [0.4, 0.5) is 4.39 Å². The third kappa shape index (κ3) is 5.02. The molecule has 1 amide bonds. The molecule has 2 aromatic rings. The number of nitrogens with zero attached hydrogens (tertiary/aromatic N) is 2. The zero-order valence-corrected chi connectivity index (χ0v) is 15.4. The second-order valence-corrected chi connectivity index (χ2v) is 6.21. The van der Waals surface area contributed by atoms with Crippen LogP contribution in [-0.2, 0) is 4.74 Å². The molecule has 0 spiro atoms. The van der Waals surface area contributed by atoms with Crippen molar-refractivity contribution in [2.24, 2.45) is 0 Å². The number of amides is 1. The Hall–Kier alpha value is -2.51. The first-order valence-electron chi connectivity index (χ1n) is 9.12. The highest BCUT2D eigenvalue weighted by atomic mass is 19.1. The molecule has 1 saturated heterocycles. The molecule has 0 bridgehead atoms. The minimum atomic E-state index is -0.278. The fourth-order valence-electron chi connectivity index (χ4n) is 3.13. The Kier molecular flexibility index (Phi) is 6.73. The predicted octanol–water partition coefficient (Wildman–Crippen LogP) is 2.42. The number of hydrogen-bond donors (Lipinski definition) is 1. The van der Waals surface area contributed by atoms with Crippen molar-refractivity contribution in [1.82, 2.24) is 15.2 Å². The van der Waals surface area contributed by atoms with Gasteiger partial charge in [0.25, 0.3) is 5.91 Å². The van der Waals surface area contributed by atoms with Crippen LogP contribution in [0.15, 0.2) is 42.6 Å². The zero-order chi connectivity index (χ0) is 19.1. The second kappa shape index (κ2) is 9.43. The van der Waals surface area contributed by atoms with Gasteiger partial charge in [-0.05, 0) is 36.8 Å². The van der Waals surface area contributed by atoms with E-state index in [4.69, 9.17) is 9.47 Å². The van der Waals surface area contributed by atoms with Crippen molar-refractivity contribution in [3.8, 4) is 5.88 Å². The van der Waals surface area contributed by atoms with Crippen molar-refractivity contribution in [2.75, 3.05) is 39.5 Å². The van der Waals surface area contributed by atoms with Crippen LogP contribution in [0.25, 0.3) is 0 Å². The number of nitrogens with one attached hydrogen (secondary N) is 1. The first-order chi connectivity index (χ1) is 13.2. The van der Waals surface area contributed by atoms with Gasteiger partial charge < -0.3 is 14.8 Å². The van der Waals surface area contributed by atoms with Gasteiger partial charge in [0.15, 0.2) is 0 Å². The summed E-state index contributed by atoms with van der Waals surface area (Å²) in [7, 11) is 0. The van der Waals surface area contributed by atoms with E-state index in [9.17, 15) is 9.18 Å². The number of halogens is 1. The van der Waals surface area contributed by atoms with Gasteiger partial charge in [-0.3, -0.25) is 9.69 Å². The summed E-state index contributed by atoms with van der Waals surface area (Å²) in [5.74, 6) is -0.200. The fraction of sp³-hybridized carbons (Fsp3) is 0.400. The van der Waals surface area contributed by atoms with E-state index in [1.807, 2.05) is 6.92 Å². The SMILES string of the molecule is CCOc1ncccc1C(=O)NCC(c1ccc(F)cc1)N1CCOCC1. The van der Waals surface area contributed by atoms with E-state index in [0.717, 1.165) is 18.7 Å². The number of pyridine rings is 1. The van der Waals surface area contributed by atoms with E-state index in [1.54, 1.807) is 30.5 Å². The third-order valence-corrected chi connectivity index (χ3v) is 4.49. The van der Waals surface area contributed by atoms with Crippen LogP contribution in [0.5, 0.6) is 5.88 Å². The van der Waals surface area contributed by atoms with Crippen molar-refractivity contribution in [3.63, 3.8) is 0 Å². The van der Waals surface area contributed by atoms with Crippen LogP contribution in [0.3, 0.4) is 0 Å². The number of rotatable bonds is 7. The molecule has 1 aromatic carbocycles. The molecule has 27 heavy (non-hydrogen) atoms. The Morgan fingerprint density at radius 1 is 1.30 bits per heavy atom. The van der Waals surface area contributed by atoms with Crippen molar-refractivity contribution < 1.29 is 18.7 Å². The number of benzene rings is 1. The molecular formula is C20H24FN3O3. The summed E-state index contributed by atoms with van der Waals surface area (Å²) in [6.45, 7) is 5.48. The van der Waals surface area contributed by atoms with Crippen LogP contribution in [0.2, 0.25) is 0 Å². The van der Waals surface area contributed by atoms with E-state index in [-0.39, 0.29) is 17.8 Å². The Balaban J connectivity index is 1.74. The Morgan fingerprint density at radius 2 is 2.04 bits per heavy atom. The Bertz CT molecular complexity index is 748. The summed E-state index contributed by atoms with van der Waals surface area (Å²) in [6.07, 6.45) is 1.59. The quantitative estimate of drug-likeness (QED) is 0.808. The molecule has 6 nitrogen and oxygen atoms in total. The molecule has 1 aliphatic rings. The van der Waals surface area contributed by atoms with Crippen LogP contribution in [0.1, 0.15) is 28.9 Å². The van der Waals surface area contributed by atoms with Crippen LogP contribution < -0.4 is 10.1 Å². The number of carbonyl (C=O) groups excluding carboxylic acids is 1. The summed E-state index contributed by atoms with van der Waals surface area (Å²) >= 11 is 0. The summed E-state index contributed by atoms with van der Waals surface area (Å²) in [4.78, 5) is 19.0. The summed E-state index contributed by atoms with van der Waals surface area (Å²) in [6, 6.07) is 9.74. The molecule has 0 radical (unpaired) electrons. The average Bonchev–Trinajstić information content (AvgIpc) is 2.71. The highest BCUT2D eigenvalue weighted by Crippen LogP contribution is 2.22. The van der Waals surface area contributed by atoms with Gasteiger partial charge in [0.2, 0.25) is 5.88 Å². The van der Waals surface area contributed by atoms with E-state index in [2.05, 4.69) is 15.2 Å². The maximum atomic E-state index is 13.3. The lowest BCUT2D eigenvalue weighted by molar-refractivity contribution is 0.0162. The van der Waals surface area contributed by atoms with Gasteiger partial charge in [0, 0.05) is 25.8 Å². The first-order valence-corrected chi connectivity index (χ1v) is 9.12. The van der Waals surface area contributed by atoms with Crippen molar-refractivity contribution >= 4 is 5.91 Å². The highest BCUT2D eigenvalue weighted by molar-refractivity contribution is 5.96. The number of hydrogen-bond acceptors (Lipinski definition) is 5. The normalized spacial score (nSPS) is 15.9. The molecule has 1 N–H and O–H groups in total. The first kappa shape index (κ1) is 19.3. The summed E-state index contributed by atoms with van der Waals surface area (Å²) in [5.41, 5.74) is 1.36. The number of aromatic nitrogens is 1. The molecule has 1 fully saturated rings. The predicted molar refractivity (Wildman–Crippen MR) is 99.3 cm³/mol. The van der Waals surface area contributed by atoms with E-state index in [0.29, 0.717) is 37.8 Å². The minimum absolute atomic E-state index is 0.0642. The van der Waals surface area contributed by atoms with Gasteiger partial charge in [0.1, 0.15) is 11.4 Å². The molecule has 1 aromatic heterocycles. The monoisotopic (exact) mass is 373 g/mol. The summed E-state index contributed by atoms with van der Waals surface area (Å²) in [5, 5.41) is 2.97. The average molecular weight is 373 g/mol. The van der Waals surface area contributed by atoms with Crippen molar-refractivity contribution in [3.05, 3.63) is 59.5 Å². The third-order valence-electron chi connectivity index (χ3n) is 4.49. The molecule has 144 valence electrons. The second-order valence-electron chi connectivity index (χ2n) is 6.21. The molecule has 1 unspecified atom stereocenters. The van der Waals surface area contributed by atoms with Crippen LogP contribution in [-0.4, -0.2) is 55.2 Å².